The molecule has 7 aromatic carbocycles. The van der Waals surface area contributed by atoms with E-state index in [1.807, 2.05) is 24.3 Å². The maximum Gasteiger partial charge on any atom is 0.227 e. The molecule has 0 saturated heterocycles. The number of benzene rings is 7. The van der Waals surface area contributed by atoms with Crippen LogP contribution in [0.3, 0.4) is 0 Å². The second-order valence-electron chi connectivity index (χ2n) is 15.2. The number of anilines is 3. The molecule has 0 saturated carbocycles. The van der Waals surface area contributed by atoms with Crippen molar-refractivity contribution in [2.75, 3.05) is 4.90 Å². The SMILES string of the molecule is [2H]c1c([2H])c([2H])c2oc(-c3ccc4c(c3)oc3cccc(N(c5cccc6c5-c5ccccc5C6(C)C)c5cccc6c5-c5ccccc5C6(C)C)c34)nc2c1[2H]. The Morgan fingerprint density at radius 1 is 0.547 bits per heavy atom. The van der Waals surface area contributed by atoms with Gasteiger partial charge in [0.05, 0.1) is 27.9 Å². The summed E-state index contributed by atoms with van der Waals surface area (Å²) in [6, 6.07) is 41.9. The lowest BCUT2D eigenvalue weighted by Gasteiger charge is -2.31. The molecule has 4 nitrogen and oxygen atoms in total. The van der Waals surface area contributed by atoms with E-state index >= 15 is 0 Å². The minimum atomic E-state index is -0.354. The molecule has 2 aromatic heterocycles. The van der Waals surface area contributed by atoms with Gasteiger partial charge in [0.15, 0.2) is 5.58 Å². The van der Waals surface area contributed by atoms with E-state index in [4.69, 9.17) is 14.3 Å². The number of furan rings is 1. The van der Waals surface area contributed by atoms with Crippen LogP contribution >= 0.6 is 0 Å². The van der Waals surface area contributed by atoms with Crippen LogP contribution in [0.5, 0.6) is 0 Å². The van der Waals surface area contributed by atoms with Crippen LogP contribution in [0.4, 0.5) is 17.1 Å². The minimum Gasteiger partial charge on any atom is -0.456 e. The van der Waals surface area contributed by atoms with Crippen molar-refractivity contribution in [2.24, 2.45) is 0 Å². The van der Waals surface area contributed by atoms with Crippen LogP contribution in [0, 0.1) is 0 Å². The van der Waals surface area contributed by atoms with E-state index in [0.29, 0.717) is 11.1 Å². The summed E-state index contributed by atoms with van der Waals surface area (Å²) < 4.78 is 45.7. The molecule has 2 aliphatic carbocycles. The smallest absolute Gasteiger partial charge is 0.227 e. The lowest BCUT2D eigenvalue weighted by atomic mass is 9.82. The Hall–Kier alpha value is -6.39. The molecule has 0 atom stereocenters. The second-order valence-corrected chi connectivity index (χ2v) is 15.2. The summed E-state index contributed by atoms with van der Waals surface area (Å²) in [4.78, 5) is 6.98. The number of fused-ring (bicyclic) bond motifs is 10. The Balaban J connectivity index is 1.19. The van der Waals surface area contributed by atoms with Crippen LogP contribution in [0.1, 0.15) is 55.4 Å². The first-order valence-electron chi connectivity index (χ1n) is 20.1. The van der Waals surface area contributed by atoms with Crippen molar-refractivity contribution < 1.29 is 14.3 Å². The third-order valence-electron chi connectivity index (χ3n) is 11.7. The van der Waals surface area contributed by atoms with Crippen molar-refractivity contribution in [3.05, 3.63) is 168 Å². The molecule has 53 heavy (non-hydrogen) atoms. The summed E-state index contributed by atoms with van der Waals surface area (Å²) in [5.41, 5.74) is 15.0. The fourth-order valence-electron chi connectivity index (χ4n) is 9.15. The molecule has 254 valence electrons. The van der Waals surface area contributed by atoms with Gasteiger partial charge in [-0.15, -0.1) is 0 Å². The summed E-state index contributed by atoms with van der Waals surface area (Å²) in [5, 5.41) is 1.87. The van der Waals surface area contributed by atoms with Gasteiger partial charge in [0, 0.05) is 32.9 Å². The van der Waals surface area contributed by atoms with Gasteiger partial charge in [0.25, 0.3) is 0 Å². The van der Waals surface area contributed by atoms with Crippen LogP contribution in [-0.4, -0.2) is 4.98 Å². The first-order chi connectivity index (χ1) is 27.5. The van der Waals surface area contributed by atoms with Crippen LogP contribution in [-0.2, 0) is 10.8 Å². The number of aromatic nitrogens is 1. The van der Waals surface area contributed by atoms with Gasteiger partial charge in [0.2, 0.25) is 5.89 Å². The van der Waals surface area contributed by atoms with E-state index in [2.05, 4.69) is 135 Å². The Morgan fingerprint density at radius 2 is 1.13 bits per heavy atom. The van der Waals surface area contributed by atoms with Crippen molar-refractivity contribution in [3.63, 3.8) is 0 Å². The summed E-state index contributed by atoms with van der Waals surface area (Å²) in [7, 11) is 0. The Labute approximate surface area is 313 Å². The molecule has 11 rings (SSSR count). The van der Waals surface area contributed by atoms with Gasteiger partial charge < -0.3 is 13.7 Å². The van der Waals surface area contributed by atoms with E-state index in [9.17, 15) is 0 Å². The molecule has 0 amide bonds. The molecular formula is C49H36N2O2. The zero-order chi connectivity index (χ0) is 39.1. The number of nitrogens with zero attached hydrogens (tertiary/aromatic N) is 2. The van der Waals surface area contributed by atoms with Crippen LogP contribution in [0.25, 0.3) is 66.7 Å². The molecular weight excluding hydrogens is 649 g/mol. The summed E-state index contributed by atoms with van der Waals surface area (Å²) in [5.74, 6) is 0.198. The van der Waals surface area contributed by atoms with Gasteiger partial charge in [-0.3, -0.25) is 0 Å². The third-order valence-corrected chi connectivity index (χ3v) is 11.7. The highest BCUT2D eigenvalue weighted by Crippen LogP contribution is 2.58. The number of hydrogen-bond donors (Lipinski definition) is 0. The lowest BCUT2D eigenvalue weighted by molar-refractivity contribution is 0.619. The fourth-order valence-corrected chi connectivity index (χ4v) is 9.15. The Bertz CT molecular complexity index is 3060. The highest BCUT2D eigenvalue weighted by atomic mass is 16.3. The quantitative estimate of drug-likeness (QED) is 0.185. The maximum atomic E-state index is 8.39. The molecule has 0 N–H and O–H groups in total. The van der Waals surface area contributed by atoms with Crippen molar-refractivity contribution in [1.29, 1.82) is 0 Å². The van der Waals surface area contributed by atoms with Crippen LogP contribution < -0.4 is 4.90 Å². The minimum absolute atomic E-state index is 0.0268. The van der Waals surface area contributed by atoms with E-state index in [0.717, 1.165) is 33.4 Å². The molecule has 0 fully saturated rings. The average molecular weight is 689 g/mol. The molecule has 0 radical (unpaired) electrons. The first-order valence-corrected chi connectivity index (χ1v) is 18.1. The summed E-state index contributed by atoms with van der Waals surface area (Å²) in [6.45, 7) is 9.27. The number of hydrogen-bond acceptors (Lipinski definition) is 4. The molecule has 2 aliphatic rings. The van der Waals surface area contributed by atoms with Crippen molar-refractivity contribution in [2.45, 2.75) is 38.5 Å². The fraction of sp³-hybridized carbons (Fsp3) is 0.122. The van der Waals surface area contributed by atoms with Gasteiger partial charge in [-0.25, -0.2) is 4.98 Å². The monoisotopic (exact) mass is 688 g/mol. The standard InChI is InChI=1S/C49H36N2O2/c1-48(2)33-16-7-5-14-30(33)44-35(48)18-11-21-38(44)51(39-22-12-19-36-45(39)31-15-6-8-17-34(31)49(36,3)4)40-23-13-25-42-46(40)32-27-26-29(28-43(32)52-42)47-50-37-20-9-10-24-41(37)53-47/h5-28H,1-4H3/i9D,10D,20D,24D. The van der Waals surface area contributed by atoms with Gasteiger partial charge in [-0.1, -0.05) is 119 Å². The molecule has 0 spiro atoms. The topological polar surface area (TPSA) is 42.4 Å². The molecule has 0 aliphatic heterocycles. The predicted octanol–water partition coefficient (Wildman–Crippen LogP) is 13.5. The molecule has 9 aromatic rings. The van der Waals surface area contributed by atoms with Gasteiger partial charge in [0.1, 0.15) is 16.7 Å². The number of para-hydroxylation sites is 2. The van der Waals surface area contributed by atoms with Crippen molar-refractivity contribution in [1.82, 2.24) is 4.98 Å². The normalized spacial score (nSPS) is 15.8. The average Bonchev–Trinajstić information content (AvgIpc) is 3.95. The predicted molar refractivity (Wildman–Crippen MR) is 217 cm³/mol. The Morgan fingerprint density at radius 3 is 1.81 bits per heavy atom. The maximum absolute atomic E-state index is 8.39. The van der Waals surface area contributed by atoms with Crippen molar-refractivity contribution in [3.8, 4) is 33.7 Å². The largest absolute Gasteiger partial charge is 0.456 e. The summed E-state index contributed by atoms with van der Waals surface area (Å²) >= 11 is 0. The highest BCUT2D eigenvalue weighted by molar-refractivity contribution is 6.15. The van der Waals surface area contributed by atoms with Crippen LogP contribution in [0.15, 0.2) is 154 Å². The molecule has 0 bridgehead atoms. The van der Waals surface area contributed by atoms with E-state index in [1.54, 1.807) is 0 Å². The van der Waals surface area contributed by atoms with Gasteiger partial charge in [-0.05, 0) is 87.9 Å². The lowest BCUT2D eigenvalue weighted by Crippen LogP contribution is -2.17. The zero-order valence-corrected chi connectivity index (χ0v) is 29.8. The Kier molecular flexibility index (Phi) is 5.27. The summed E-state index contributed by atoms with van der Waals surface area (Å²) in [6.07, 6.45) is 0. The zero-order valence-electron chi connectivity index (χ0n) is 33.8. The number of rotatable bonds is 4. The highest BCUT2D eigenvalue weighted by Gasteiger charge is 2.41. The second kappa shape index (κ2) is 10.6. The van der Waals surface area contributed by atoms with Gasteiger partial charge in [-0.2, -0.15) is 0 Å². The molecule has 2 heterocycles. The van der Waals surface area contributed by atoms with E-state index < -0.39 is 0 Å². The molecule has 0 unspecified atom stereocenters. The third kappa shape index (κ3) is 4.09. The number of oxazole rings is 1. The van der Waals surface area contributed by atoms with Crippen molar-refractivity contribution >= 4 is 50.1 Å². The molecule has 4 heteroatoms. The van der Waals surface area contributed by atoms with Crippen LogP contribution in [0.2, 0.25) is 0 Å². The van der Waals surface area contributed by atoms with Gasteiger partial charge >= 0.3 is 0 Å². The van der Waals surface area contributed by atoms with E-state index in [-0.39, 0.29) is 52.0 Å². The first kappa shape index (κ1) is 26.4. The van der Waals surface area contributed by atoms with E-state index in [1.165, 1.54) is 44.5 Å².